The normalized spacial score (nSPS) is 15.5. The average molecular weight is 355 g/mol. The highest BCUT2D eigenvalue weighted by Crippen LogP contribution is 2.36. The highest BCUT2D eigenvalue weighted by Gasteiger charge is 2.29. The van der Waals surface area contributed by atoms with Crippen LogP contribution in [0.15, 0.2) is 47.3 Å². The molecule has 3 aromatic rings. The summed E-state index contributed by atoms with van der Waals surface area (Å²) in [7, 11) is 0. The lowest BCUT2D eigenvalue weighted by atomic mass is 10.1. The third-order valence-corrected chi connectivity index (χ3v) is 4.82. The van der Waals surface area contributed by atoms with Gasteiger partial charge in [0.2, 0.25) is 0 Å². The van der Waals surface area contributed by atoms with Gasteiger partial charge in [-0.25, -0.2) is 0 Å². The number of pyridine rings is 1. The molecule has 5 nitrogen and oxygen atoms in total. The van der Waals surface area contributed by atoms with Crippen LogP contribution >= 0.6 is 11.6 Å². The van der Waals surface area contributed by atoms with Gasteiger partial charge in [-0.15, -0.1) is 0 Å². The van der Waals surface area contributed by atoms with Crippen molar-refractivity contribution in [3.63, 3.8) is 0 Å². The van der Waals surface area contributed by atoms with Crippen LogP contribution in [0.25, 0.3) is 10.9 Å². The van der Waals surface area contributed by atoms with Crippen LogP contribution in [0.5, 0.6) is 5.75 Å². The maximum atomic E-state index is 12.9. The Labute approximate surface area is 148 Å². The lowest BCUT2D eigenvalue weighted by molar-refractivity contribution is 0.102. The number of aromatic hydroxyl groups is 1. The van der Waals surface area contributed by atoms with Crippen molar-refractivity contribution in [2.75, 3.05) is 5.32 Å². The molecule has 0 fully saturated rings. The van der Waals surface area contributed by atoms with Gasteiger partial charge in [-0.05, 0) is 49.2 Å². The zero-order valence-corrected chi connectivity index (χ0v) is 14.2. The number of hydrogen-bond donors (Lipinski definition) is 2. The second kappa shape index (κ2) is 5.63. The van der Waals surface area contributed by atoms with Gasteiger partial charge in [-0.1, -0.05) is 23.7 Å². The molecular formula is C19H15ClN2O3. The number of carbonyl (C=O) groups excluding carboxylic acids is 1. The lowest BCUT2D eigenvalue weighted by Crippen LogP contribution is -2.30. The van der Waals surface area contributed by atoms with Crippen LogP contribution in [0, 0.1) is 0 Å². The number of nitrogens with one attached hydrogen (secondary N) is 1. The van der Waals surface area contributed by atoms with Crippen molar-refractivity contribution in [1.82, 2.24) is 4.57 Å². The van der Waals surface area contributed by atoms with Crippen LogP contribution in [0.3, 0.4) is 0 Å². The van der Waals surface area contributed by atoms with Crippen molar-refractivity contribution in [2.24, 2.45) is 0 Å². The fourth-order valence-electron chi connectivity index (χ4n) is 3.45. The number of amides is 1. The van der Waals surface area contributed by atoms with Crippen LogP contribution in [-0.4, -0.2) is 15.6 Å². The molecule has 0 bridgehead atoms. The second-order valence-electron chi connectivity index (χ2n) is 6.23. The van der Waals surface area contributed by atoms with Gasteiger partial charge in [-0.2, -0.15) is 0 Å². The second-order valence-corrected chi connectivity index (χ2v) is 6.66. The molecule has 0 saturated heterocycles. The molecule has 0 saturated carbocycles. The summed E-state index contributed by atoms with van der Waals surface area (Å²) in [5.41, 5.74) is 1.49. The fraction of sp³-hybridized carbons (Fsp3) is 0.158. The molecule has 1 aromatic heterocycles. The van der Waals surface area contributed by atoms with E-state index < -0.39 is 11.5 Å². The minimum atomic E-state index is -0.639. The van der Waals surface area contributed by atoms with Crippen LogP contribution in [0.4, 0.5) is 5.69 Å². The molecule has 4 rings (SSSR count). The van der Waals surface area contributed by atoms with E-state index in [9.17, 15) is 14.7 Å². The minimum absolute atomic E-state index is 0.0601. The van der Waals surface area contributed by atoms with Gasteiger partial charge in [0, 0.05) is 22.1 Å². The first-order chi connectivity index (χ1) is 12.0. The number of carbonyl (C=O) groups is 1. The Morgan fingerprint density at radius 3 is 2.68 bits per heavy atom. The van der Waals surface area contributed by atoms with Gasteiger partial charge >= 0.3 is 0 Å². The summed E-state index contributed by atoms with van der Waals surface area (Å²) in [6.45, 7) is 1.93. The van der Waals surface area contributed by atoms with Crippen molar-refractivity contribution in [1.29, 1.82) is 0 Å². The van der Waals surface area contributed by atoms with Crippen LogP contribution < -0.4 is 10.9 Å². The Hall–Kier alpha value is -2.79. The summed E-state index contributed by atoms with van der Waals surface area (Å²) in [5.74, 6) is -0.918. The molecule has 0 spiro atoms. The number of rotatable bonds is 2. The first-order valence-electron chi connectivity index (χ1n) is 7.93. The molecule has 0 unspecified atom stereocenters. The smallest absolute Gasteiger partial charge is 0.268 e. The lowest BCUT2D eigenvalue weighted by Gasteiger charge is -2.14. The number of benzene rings is 2. The van der Waals surface area contributed by atoms with E-state index in [4.69, 9.17) is 11.6 Å². The van der Waals surface area contributed by atoms with E-state index >= 15 is 0 Å². The molecule has 1 atom stereocenters. The molecule has 6 heteroatoms. The standard InChI is InChI=1S/C19H15ClN2O3/c1-10-9-11-3-2-4-14-16(11)22(10)19(25)15(17(14)23)18(24)21-13-7-5-12(20)6-8-13/h2-8,10,23H,9H2,1H3,(H,21,24)/t10-/m0/s1. The predicted molar refractivity (Wildman–Crippen MR) is 97.7 cm³/mol. The molecule has 1 aliphatic heterocycles. The zero-order valence-electron chi connectivity index (χ0n) is 13.4. The van der Waals surface area contributed by atoms with Gasteiger partial charge in [0.15, 0.2) is 0 Å². The SMILES string of the molecule is C[C@H]1Cc2cccc3c(O)c(C(=O)Nc4ccc(Cl)cc4)c(=O)n1c23. The number of aromatic nitrogens is 1. The maximum absolute atomic E-state index is 12.9. The first kappa shape index (κ1) is 15.7. The number of nitrogens with zero attached hydrogens (tertiary/aromatic N) is 1. The molecule has 2 N–H and O–H groups in total. The van der Waals surface area contributed by atoms with Gasteiger partial charge in [0.25, 0.3) is 11.5 Å². The maximum Gasteiger partial charge on any atom is 0.268 e. The van der Waals surface area contributed by atoms with Gasteiger partial charge < -0.3 is 15.0 Å². The molecule has 2 heterocycles. The summed E-state index contributed by atoms with van der Waals surface area (Å²) in [4.78, 5) is 25.5. The summed E-state index contributed by atoms with van der Waals surface area (Å²) in [5, 5.41) is 14.3. The van der Waals surface area contributed by atoms with E-state index in [2.05, 4.69) is 5.32 Å². The Morgan fingerprint density at radius 2 is 1.96 bits per heavy atom. The summed E-state index contributed by atoms with van der Waals surface area (Å²) in [6.07, 6.45) is 0.703. The molecule has 25 heavy (non-hydrogen) atoms. The fourth-order valence-corrected chi connectivity index (χ4v) is 3.58. The number of anilines is 1. The third-order valence-electron chi connectivity index (χ3n) is 4.57. The Balaban J connectivity index is 1.87. The van der Waals surface area contributed by atoms with Gasteiger partial charge in [0.1, 0.15) is 11.3 Å². The zero-order chi connectivity index (χ0) is 17.7. The Morgan fingerprint density at radius 1 is 1.24 bits per heavy atom. The molecule has 0 aliphatic carbocycles. The number of hydrogen-bond acceptors (Lipinski definition) is 3. The predicted octanol–water partition coefficient (Wildman–Crippen LogP) is 3.73. The first-order valence-corrected chi connectivity index (χ1v) is 8.31. The summed E-state index contributed by atoms with van der Waals surface area (Å²) < 4.78 is 1.60. The molecule has 126 valence electrons. The van der Waals surface area contributed by atoms with Gasteiger partial charge in [-0.3, -0.25) is 9.59 Å². The molecule has 2 aromatic carbocycles. The van der Waals surface area contributed by atoms with Gasteiger partial charge in [0.05, 0.1) is 5.52 Å². The quantitative estimate of drug-likeness (QED) is 0.736. The van der Waals surface area contributed by atoms with E-state index in [-0.39, 0.29) is 17.4 Å². The van der Waals surface area contributed by atoms with Crippen molar-refractivity contribution in [2.45, 2.75) is 19.4 Å². The van der Waals surface area contributed by atoms with Crippen LogP contribution in [0.1, 0.15) is 28.9 Å². The summed E-state index contributed by atoms with van der Waals surface area (Å²) >= 11 is 5.84. The van der Waals surface area contributed by atoms with E-state index in [1.54, 1.807) is 34.9 Å². The molecule has 1 amide bonds. The van der Waals surface area contributed by atoms with Crippen molar-refractivity contribution in [3.05, 3.63) is 69.0 Å². The van der Waals surface area contributed by atoms with E-state index in [0.29, 0.717) is 28.0 Å². The molecule has 0 radical (unpaired) electrons. The third kappa shape index (κ3) is 2.39. The van der Waals surface area contributed by atoms with E-state index in [1.807, 2.05) is 19.1 Å². The highest BCUT2D eigenvalue weighted by molar-refractivity contribution is 6.30. The van der Waals surface area contributed by atoms with E-state index in [1.165, 1.54) is 0 Å². The topological polar surface area (TPSA) is 71.3 Å². The van der Waals surface area contributed by atoms with Crippen molar-refractivity contribution >= 4 is 34.1 Å². The number of halogens is 1. The number of para-hydroxylation sites is 1. The van der Waals surface area contributed by atoms with Crippen molar-refractivity contribution in [3.8, 4) is 5.75 Å². The Kier molecular flexibility index (Phi) is 3.54. The van der Waals surface area contributed by atoms with Crippen molar-refractivity contribution < 1.29 is 9.90 Å². The minimum Gasteiger partial charge on any atom is -0.506 e. The largest absolute Gasteiger partial charge is 0.506 e. The van der Waals surface area contributed by atoms with E-state index in [0.717, 1.165) is 5.56 Å². The van der Waals surface area contributed by atoms with Crippen LogP contribution in [0.2, 0.25) is 5.02 Å². The highest BCUT2D eigenvalue weighted by atomic mass is 35.5. The monoisotopic (exact) mass is 354 g/mol. The Bertz CT molecular complexity index is 1070. The molecule has 1 aliphatic rings. The molecular weight excluding hydrogens is 340 g/mol. The van der Waals surface area contributed by atoms with Crippen LogP contribution in [-0.2, 0) is 6.42 Å². The summed E-state index contributed by atoms with van der Waals surface area (Å²) in [6, 6.07) is 12.0. The average Bonchev–Trinajstić information content (AvgIpc) is 2.92.